The van der Waals surface area contributed by atoms with Crippen LogP contribution in [0.2, 0.25) is 0 Å². The van der Waals surface area contributed by atoms with Crippen molar-refractivity contribution < 1.29 is 55.1 Å². The summed E-state index contributed by atoms with van der Waals surface area (Å²) < 4.78 is 14.6. The van der Waals surface area contributed by atoms with Gasteiger partial charge in [-0.05, 0) is 6.92 Å². The molecule has 25 heavy (non-hydrogen) atoms. The molecule has 7 N–H and O–H groups in total. The molecule has 2 saturated heterocycles. The van der Waals surface area contributed by atoms with Gasteiger partial charge in [-0.2, -0.15) is 0 Å². The molecule has 0 bridgehead atoms. The van der Waals surface area contributed by atoms with E-state index >= 15 is 0 Å². The van der Waals surface area contributed by atoms with Gasteiger partial charge in [0.05, 0.1) is 18.8 Å². The number of hydrogen-bond acceptors (Lipinski definition) is 11. The fraction of sp³-hybridized carbons (Fsp3) is 1.00. The molecular formula is C14H27O11-. The largest absolute Gasteiger partial charge is 0.853 e. The second-order valence-electron chi connectivity index (χ2n) is 5.95. The van der Waals surface area contributed by atoms with Crippen LogP contribution in [0.1, 0.15) is 6.92 Å². The Morgan fingerprint density at radius 1 is 0.800 bits per heavy atom. The van der Waals surface area contributed by atoms with Crippen molar-refractivity contribution in [2.24, 2.45) is 0 Å². The molecule has 0 aromatic carbocycles. The first-order valence-electron chi connectivity index (χ1n) is 7.80. The van der Waals surface area contributed by atoms with Crippen molar-refractivity contribution in [2.45, 2.75) is 68.1 Å². The van der Waals surface area contributed by atoms with Crippen molar-refractivity contribution in [3.8, 4) is 0 Å². The minimum Gasteiger partial charge on any atom is -0.853 e. The predicted octanol–water partition coefficient (Wildman–Crippen LogP) is -5.35. The highest BCUT2D eigenvalue weighted by atomic mass is 16.7. The Kier molecular flexibility index (Phi) is 9.08. The van der Waals surface area contributed by atoms with Gasteiger partial charge in [-0.3, -0.25) is 0 Å². The summed E-state index contributed by atoms with van der Waals surface area (Å²) in [5.41, 5.74) is 0. The van der Waals surface area contributed by atoms with Crippen LogP contribution in [0, 0.1) is 0 Å². The van der Waals surface area contributed by atoms with Gasteiger partial charge >= 0.3 is 0 Å². The summed E-state index contributed by atoms with van der Waals surface area (Å²) >= 11 is 0. The summed E-state index contributed by atoms with van der Waals surface area (Å²) in [5, 5.41) is 74.6. The number of rotatable bonds is 3. The lowest BCUT2D eigenvalue weighted by Crippen LogP contribution is -2.58. The monoisotopic (exact) mass is 371 g/mol. The molecule has 2 heterocycles. The van der Waals surface area contributed by atoms with E-state index in [4.69, 9.17) is 19.3 Å². The van der Waals surface area contributed by atoms with Crippen molar-refractivity contribution in [1.29, 1.82) is 0 Å². The fourth-order valence-electron chi connectivity index (χ4n) is 2.54. The van der Waals surface area contributed by atoms with Crippen LogP contribution < -0.4 is 5.11 Å². The Labute approximate surface area is 144 Å². The van der Waals surface area contributed by atoms with E-state index in [0.717, 1.165) is 0 Å². The topological polar surface area (TPSA) is 192 Å². The van der Waals surface area contributed by atoms with Crippen LogP contribution in [-0.4, -0.2) is 117 Å². The Hall–Kier alpha value is -0.440. The second-order valence-corrected chi connectivity index (χ2v) is 5.95. The van der Waals surface area contributed by atoms with Gasteiger partial charge in [-0.25, -0.2) is 0 Å². The maximum Gasteiger partial charge on any atom is 0.186 e. The molecule has 0 aliphatic carbocycles. The van der Waals surface area contributed by atoms with E-state index in [-0.39, 0.29) is 0 Å². The summed E-state index contributed by atoms with van der Waals surface area (Å²) in [7, 11) is 1.30. The highest BCUT2D eigenvalue weighted by molar-refractivity contribution is 4.90. The first-order chi connectivity index (χ1) is 11.7. The van der Waals surface area contributed by atoms with E-state index in [2.05, 4.69) is 0 Å². The molecular weight excluding hydrogens is 344 g/mol. The quantitative estimate of drug-likeness (QED) is 0.250. The molecule has 2 aliphatic rings. The zero-order chi connectivity index (χ0) is 19.3. The molecule has 150 valence electrons. The molecule has 10 atom stereocenters. The van der Waals surface area contributed by atoms with Crippen molar-refractivity contribution in [3.63, 3.8) is 0 Å². The standard InChI is InChI=1S/C7H14O6.C7H13O5/c1-12-7-6(11)5(10)4(9)3(2-8)13-7;1-3-5(9)7(11)6(10)4(2-8)12-3/h3-11H,2H2,1H3;3-7,9-11H,2H2,1H3/q;-1. The average molecular weight is 371 g/mol. The Morgan fingerprint density at radius 2 is 1.32 bits per heavy atom. The van der Waals surface area contributed by atoms with Gasteiger partial charge in [-0.15, -0.1) is 6.61 Å². The Bertz CT molecular complexity index is 359. The summed E-state index contributed by atoms with van der Waals surface area (Å²) in [6.45, 7) is 0.489. The first kappa shape index (κ1) is 22.6. The van der Waals surface area contributed by atoms with E-state index in [1.807, 2.05) is 0 Å². The fourth-order valence-corrected chi connectivity index (χ4v) is 2.54. The lowest BCUT2D eigenvalue weighted by molar-refractivity contribution is -0.402. The molecule has 2 rings (SSSR count). The van der Waals surface area contributed by atoms with E-state index in [9.17, 15) is 35.7 Å². The van der Waals surface area contributed by atoms with Gasteiger partial charge in [0, 0.05) is 7.11 Å². The number of hydrogen-bond donors (Lipinski definition) is 7. The maximum atomic E-state index is 10.4. The molecule has 0 aromatic rings. The molecule has 0 radical (unpaired) electrons. The third-order valence-electron chi connectivity index (χ3n) is 4.20. The van der Waals surface area contributed by atoms with Crippen LogP contribution in [0.5, 0.6) is 0 Å². The van der Waals surface area contributed by atoms with Gasteiger partial charge in [0.2, 0.25) is 0 Å². The summed E-state index contributed by atoms with van der Waals surface area (Å²) in [6, 6.07) is 0. The van der Waals surface area contributed by atoms with Gasteiger partial charge < -0.3 is 55.1 Å². The smallest absolute Gasteiger partial charge is 0.186 e. The van der Waals surface area contributed by atoms with Gasteiger partial charge in [0.1, 0.15) is 42.7 Å². The van der Waals surface area contributed by atoms with Crippen molar-refractivity contribution in [2.75, 3.05) is 20.3 Å². The van der Waals surface area contributed by atoms with Crippen LogP contribution >= 0.6 is 0 Å². The molecule has 2 fully saturated rings. The van der Waals surface area contributed by atoms with Crippen LogP contribution in [0.3, 0.4) is 0 Å². The maximum absolute atomic E-state index is 10.4. The number of aliphatic hydroxyl groups is 7. The van der Waals surface area contributed by atoms with Crippen LogP contribution in [0.4, 0.5) is 0 Å². The van der Waals surface area contributed by atoms with Crippen molar-refractivity contribution in [3.05, 3.63) is 0 Å². The molecule has 11 nitrogen and oxygen atoms in total. The summed E-state index contributed by atoms with van der Waals surface area (Å²) in [4.78, 5) is 0. The molecule has 10 unspecified atom stereocenters. The zero-order valence-corrected chi connectivity index (χ0v) is 14.0. The average Bonchev–Trinajstić information content (AvgIpc) is 2.62. The highest BCUT2D eigenvalue weighted by Gasteiger charge is 2.43. The van der Waals surface area contributed by atoms with Crippen molar-refractivity contribution >= 4 is 0 Å². The molecule has 0 saturated carbocycles. The Morgan fingerprint density at radius 3 is 1.80 bits per heavy atom. The number of ether oxygens (including phenoxy) is 3. The van der Waals surface area contributed by atoms with Gasteiger partial charge in [-0.1, -0.05) is 0 Å². The first-order valence-corrected chi connectivity index (χ1v) is 7.80. The number of methoxy groups -OCH3 is 1. The van der Waals surface area contributed by atoms with Crippen molar-refractivity contribution in [1.82, 2.24) is 0 Å². The summed E-state index contributed by atoms with van der Waals surface area (Å²) in [5.74, 6) is 0. The van der Waals surface area contributed by atoms with E-state index in [1.54, 1.807) is 6.92 Å². The second kappa shape index (κ2) is 10.0. The lowest BCUT2D eigenvalue weighted by atomic mass is 9.96. The zero-order valence-electron chi connectivity index (χ0n) is 14.0. The van der Waals surface area contributed by atoms with E-state index < -0.39 is 74.4 Å². The molecule has 11 heteroatoms. The molecule has 0 amide bonds. The van der Waals surface area contributed by atoms with Crippen LogP contribution in [0.25, 0.3) is 0 Å². The SMILES string of the molecule is CC1OC(C[O-])C(O)C(O)C1O.COC1OC(CO)C(O)C(O)C1O. The minimum absolute atomic E-state index is 0.440. The third-order valence-corrected chi connectivity index (χ3v) is 4.20. The molecule has 2 aliphatic heterocycles. The van der Waals surface area contributed by atoms with Gasteiger partial charge in [0.25, 0.3) is 0 Å². The lowest BCUT2D eigenvalue weighted by Gasteiger charge is -2.40. The summed E-state index contributed by atoms with van der Waals surface area (Å²) in [6.07, 6.45) is -11.1. The molecule has 0 aromatic heterocycles. The normalized spacial score (nSPS) is 47.8. The van der Waals surface area contributed by atoms with Gasteiger partial charge in [0.15, 0.2) is 6.29 Å². The number of aliphatic hydroxyl groups excluding tert-OH is 7. The molecule has 0 spiro atoms. The minimum atomic E-state index is -1.36. The predicted molar refractivity (Wildman–Crippen MR) is 78.0 cm³/mol. The Balaban J connectivity index is 0.000000251. The van der Waals surface area contributed by atoms with Crippen LogP contribution in [-0.2, 0) is 14.2 Å². The highest BCUT2D eigenvalue weighted by Crippen LogP contribution is 2.21. The third kappa shape index (κ3) is 5.28. The van der Waals surface area contributed by atoms with Crippen LogP contribution in [0.15, 0.2) is 0 Å². The van der Waals surface area contributed by atoms with E-state index in [0.29, 0.717) is 0 Å². The van der Waals surface area contributed by atoms with E-state index in [1.165, 1.54) is 7.11 Å².